The Hall–Kier alpha value is 0.137. The van der Waals surface area contributed by atoms with Gasteiger partial charge < -0.3 is 0 Å². The van der Waals surface area contributed by atoms with Crippen LogP contribution in [-0.4, -0.2) is 9.28 Å². The van der Waals surface area contributed by atoms with E-state index in [9.17, 15) is 0 Å². The molecule has 2 nitrogen and oxygen atoms in total. The Labute approximate surface area is 57.9 Å². The monoisotopic (exact) mass is 146 g/mol. The van der Waals surface area contributed by atoms with Gasteiger partial charge in [0.1, 0.15) is 0 Å². The standard InChI is InChI=1S/C6H14O2Si/c1-2-3-4-5-6-9-7-8-9/h9H,2-6H2,1H3. The van der Waals surface area contributed by atoms with E-state index in [1.165, 1.54) is 31.7 Å². The molecule has 0 spiro atoms. The first-order valence-electron chi connectivity index (χ1n) is 3.75. The highest BCUT2D eigenvalue weighted by molar-refractivity contribution is 6.49. The minimum Gasteiger partial charge on any atom is -0.261 e. The van der Waals surface area contributed by atoms with Crippen molar-refractivity contribution in [2.45, 2.75) is 38.7 Å². The maximum atomic E-state index is 4.73. The molecule has 0 N–H and O–H groups in total. The van der Waals surface area contributed by atoms with E-state index in [1.54, 1.807) is 0 Å². The Morgan fingerprint density at radius 1 is 1.11 bits per heavy atom. The molecule has 54 valence electrons. The Morgan fingerprint density at radius 3 is 2.44 bits per heavy atom. The van der Waals surface area contributed by atoms with Gasteiger partial charge >= 0.3 is 9.28 Å². The van der Waals surface area contributed by atoms with Crippen LogP contribution < -0.4 is 0 Å². The molecule has 9 heavy (non-hydrogen) atoms. The van der Waals surface area contributed by atoms with E-state index >= 15 is 0 Å². The second kappa shape index (κ2) is 4.03. The van der Waals surface area contributed by atoms with E-state index in [-0.39, 0.29) is 0 Å². The zero-order valence-electron chi connectivity index (χ0n) is 5.93. The molecular weight excluding hydrogens is 132 g/mol. The van der Waals surface area contributed by atoms with E-state index < -0.39 is 9.28 Å². The summed E-state index contributed by atoms with van der Waals surface area (Å²) in [5, 5.41) is 0. The first-order valence-corrected chi connectivity index (χ1v) is 5.51. The normalized spacial score (nSPS) is 18.3. The molecule has 1 heterocycles. The van der Waals surface area contributed by atoms with Crippen molar-refractivity contribution in [1.82, 2.24) is 0 Å². The molecule has 0 saturated carbocycles. The van der Waals surface area contributed by atoms with E-state index in [0.717, 1.165) is 0 Å². The smallest absolute Gasteiger partial charge is 0.261 e. The average Bonchev–Trinajstić information content (AvgIpc) is 2.63. The SMILES string of the molecule is CCCCCC[SiH]1OO1. The lowest BCUT2D eigenvalue weighted by atomic mass is 10.2. The van der Waals surface area contributed by atoms with Crippen molar-refractivity contribution in [3.63, 3.8) is 0 Å². The summed E-state index contributed by atoms with van der Waals surface area (Å²) < 4.78 is 9.46. The maximum Gasteiger partial charge on any atom is 0.393 e. The lowest BCUT2D eigenvalue weighted by molar-refractivity contribution is 0.0850. The van der Waals surface area contributed by atoms with E-state index in [2.05, 4.69) is 6.92 Å². The number of unbranched alkanes of at least 4 members (excludes halogenated alkanes) is 3. The van der Waals surface area contributed by atoms with Crippen LogP contribution in [0.2, 0.25) is 6.04 Å². The molecular formula is C6H14O2Si. The van der Waals surface area contributed by atoms with Gasteiger partial charge in [0.15, 0.2) is 0 Å². The van der Waals surface area contributed by atoms with Crippen LogP contribution in [-0.2, 0) is 9.15 Å². The van der Waals surface area contributed by atoms with Crippen molar-refractivity contribution >= 4 is 9.28 Å². The molecule has 1 fully saturated rings. The van der Waals surface area contributed by atoms with Crippen LogP contribution in [0, 0.1) is 0 Å². The molecule has 1 aliphatic rings. The summed E-state index contributed by atoms with van der Waals surface area (Å²) in [6.45, 7) is 2.22. The molecule has 0 atom stereocenters. The first kappa shape index (κ1) is 7.25. The van der Waals surface area contributed by atoms with E-state index in [4.69, 9.17) is 9.15 Å². The number of hydrogen-bond donors (Lipinski definition) is 0. The van der Waals surface area contributed by atoms with Crippen molar-refractivity contribution in [1.29, 1.82) is 0 Å². The fraction of sp³-hybridized carbons (Fsp3) is 1.00. The molecule has 0 bridgehead atoms. The quantitative estimate of drug-likeness (QED) is 0.255. The molecule has 1 rings (SSSR count). The highest BCUT2D eigenvalue weighted by Gasteiger charge is 2.28. The summed E-state index contributed by atoms with van der Waals surface area (Å²) in [5.74, 6) is 0. The lowest BCUT2D eigenvalue weighted by Crippen LogP contribution is -1.87. The fourth-order valence-electron chi connectivity index (χ4n) is 0.873. The highest BCUT2D eigenvalue weighted by atomic mass is 28.3. The van der Waals surface area contributed by atoms with Crippen molar-refractivity contribution in [2.75, 3.05) is 0 Å². The summed E-state index contributed by atoms with van der Waals surface area (Å²) in [6, 6.07) is 1.22. The lowest BCUT2D eigenvalue weighted by Gasteiger charge is -1.91. The van der Waals surface area contributed by atoms with E-state index in [1.807, 2.05) is 0 Å². The Bertz CT molecular complexity index is 73.5. The zero-order chi connectivity index (χ0) is 6.53. The van der Waals surface area contributed by atoms with Gasteiger partial charge in [-0.25, -0.2) is 0 Å². The van der Waals surface area contributed by atoms with E-state index in [0.29, 0.717) is 0 Å². The third-order valence-electron chi connectivity index (χ3n) is 1.53. The van der Waals surface area contributed by atoms with Crippen LogP contribution in [0.5, 0.6) is 0 Å². The molecule has 1 saturated heterocycles. The van der Waals surface area contributed by atoms with Gasteiger partial charge in [0.25, 0.3) is 0 Å². The van der Waals surface area contributed by atoms with Crippen molar-refractivity contribution in [3.8, 4) is 0 Å². The van der Waals surface area contributed by atoms with Crippen LogP contribution in [0.3, 0.4) is 0 Å². The molecule has 0 aromatic carbocycles. The molecule has 0 radical (unpaired) electrons. The van der Waals surface area contributed by atoms with Gasteiger partial charge in [-0.3, -0.25) is 9.15 Å². The summed E-state index contributed by atoms with van der Waals surface area (Å²) in [6.07, 6.45) is 5.34. The van der Waals surface area contributed by atoms with Crippen LogP contribution >= 0.6 is 0 Å². The van der Waals surface area contributed by atoms with Gasteiger partial charge in [-0.2, -0.15) is 0 Å². The Morgan fingerprint density at radius 2 is 1.89 bits per heavy atom. The zero-order valence-corrected chi connectivity index (χ0v) is 7.08. The number of rotatable bonds is 5. The summed E-state index contributed by atoms with van der Waals surface area (Å²) in [7, 11) is -0.963. The van der Waals surface area contributed by atoms with Crippen molar-refractivity contribution in [2.24, 2.45) is 0 Å². The minimum absolute atomic E-state index is 0.963. The second-order valence-electron chi connectivity index (χ2n) is 2.47. The molecule has 0 aliphatic carbocycles. The van der Waals surface area contributed by atoms with Gasteiger partial charge in [0.05, 0.1) is 0 Å². The predicted octanol–water partition coefficient (Wildman–Crippen LogP) is 1.75. The Kier molecular flexibility index (Phi) is 3.25. The summed E-state index contributed by atoms with van der Waals surface area (Å²) >= 11 is 0. The molecule has 0 unspecified atom stereocenters. The average molecular weight is 146 g/mol. The van der Waals surface area contributed by atoms with Gasteiger partial charge in [-0.05, 0) is 6.04 Å². The third kappa shape index (κ3) is 3.67. The third-order valence-corrected chi connectivity index (χ3v) is 2.87. The maximum absolute atomic E-state index is 4.73. The van der Waals surface area contributed by atoms with Crippen molar-refractivity contribution < 1.29 is 9.15 Å². The van der Waals surface area contributed by atoms with Gasteiger partial charge in [-0.1, -0.05) is 32.6 Å². The van der Waals surface area contributed by atoms with Gasteiger partial charge in [0.2, 0.25) is 0 Å². The van der Waals surface area contributed by atoms with Gasteiger partial charge in [-0.15, -0.1) is 0 Å². The fourth-order valence-corrected chi connectivity index (χ4v) is 2.00. The number of hydrogen-bond acceptors (Lipinski definition) is 2. The van der Waals surface area contributed by atoms with Crippen LogP contribution in [0.1, 0.15) is 32.6 Å². The molecule has 3 heteroatoms. The predicted molar refractivity (Wildman–Crippen MR) is 38.3 cm³/mol. The second-order valence-corrected chi connectivity index (χ2v) is 4.29. The van der Waals surface area contributed by atoms with Crippen LogP contribution in [0.4, 0.5) is 0 Å². The summed E-state index contributed by atoms with van der Waals surface area (Å²) in [4.78, 5) is 0. The largest absolute Gasteiger partial charge is 0.393 e. The van der Waals surface area contributed by atoms with Crippen LogP contribution in [0.25, 0.3) is 0 Å². The molecule has 1 aliphatic heterocycles. The first-order chi connectivity index (χ1) is 4.43. The summed E-state index contributed by atoms with van der Waals surface area (Å²) in [5.41, 5.74) is 0. The van der Waals surface area contributed by atoms with Gasteiger partial charge in [0, 0.05) is 0 Å². The molecule has 0 amide bonds. The molecule has 0 aromatic rings. The molecule has 0 aromatic heterocycles. The topological polar surface area (TPSA) is 25.1 Å². The van der Waals surface area contributed by atoms with Crippen molar-refractivity contribution in [3.05, 3.63) is 0 Å². The Balaban J connectivity index is 1.71. The highest BCUT2D eigenvalue weighted by Crippen LogP contribution is 2.16. The van der Waals surface area contributed by atoms with Crippen LogP contribution in [0.15, 0.2) is 0 Å². The minimum atomic E-state index is -0.963.